The Hall–Kier alpha value is -1.53. The van der Waals surface area contributed by atoms with E-state index in [1.165, 1.54) is 0 Å². The fourth-order valence-electron chi connectivity index (χ4n) is 1.77. The predicted octanol–water partition coefficient (Wildman–Crippen LogP) is 3.26. The zero-order chi connectivity index (χ0) is 15.5. The molecule has 114 valence electrons. The summed E-state index contributed by atoms with van der Waals surface area (Å²) in [4.78, 5) is 11.9. The van der Waals surface area contributed by atoms with E-state index in [1.807, 2.05) is 13.8 Å². The lowest BCUT2D eigenvalue weighted by molar-refractivity contribution is -0.145. The number of amides is 1. The molecule has 1 aromatic heterocycles. The average Bonchev–Trinajstić information content (AvgIpc) is 2.72. The number of halogens is 3. The third-order valence-corrected chi connectivity index (χ3v) is 2.80. The molecule has 0 fully saturated rings. The first-order chi connectivity index (χ1) is 9.14. The Morgan fingerprint density at radius 2 is 1.95 bits per heavy atom. The van der Waals surface area contributed by atoms with Gasteiger partial charge < -0.3 is 5.32 Å². The van der Waals surface area contributed by atoms with E-state index in [1.54, 1.807) is 13.8 Å². The molecule has 0 saturated carbocycles. The summed E-state index contributed by atoms with van der Waals surface area (Å²) >= 11 is 0. The fourth-order valence-corrected chi connectivity index (χ4v) is 1.77. The number of carbonyl (C=O) groups is 1. The summed E-state index contributed by atoms with van der Waals surface area (Å²) in [6, 6.07) is -0.469. The van der Waals surface area contributed by atoms with Gasteiger partial charge in [0.2, 0.25) is 0 Å². The summed E-state index contributed by atoms with van der Waals surface area (Å²) in [6.45, 7) is 7.47. The molecule has 7 heteroatoms. The smallest absolute Gasteiger partial charge is 0.352 e. The van der Waals surface area contributed by atoms with Gasteiger partial charge >= 0.3 is 6.18 Å². The van der Waals surface area contributed by atoms with Gasteiger partial charge in [0.25, 0.3) is 5.91 Å². The first-order valence-electron chi connectivity index (χ1n) is 6.57. The van der Waals surface area contributed by atoms with Crippen molar-refractivity contribution in [2.75, 3.05) is 6.54 Å². The minimum absolute atomic E-state index is 0.348. The van der Waals surface area contributed by atoms with E-state index < -0.39 is 29.4 Å². The van der Waals surface area contributed by atoms with E-state index in [0.29, 0.717) is 18.9 Å². The Balaban J connectivity index is 2.98. The first kappa shape index (κ1) is 16.5. The highest BCUT2D eigenvalue weighted by molar-refractivity contribution is 5.95. The molecular formula is C13H20F3N3O. The molecule has 1 N–H and O–H groups in total. The van der Waals surface area contributed by atoms with Crippen molar-refractivity contribution in [3.8, 4) is 0 Å². The first-order valence-corrected chi connectivity index (χ1v) is 6.57. The van der Waals surface area contributed by atoms with Crippen LogP contribution in [0.1, 0.15) is 56.2 Å². The average molecular weight is 291 g/mol. The maximum atomic E-state index is 13.1. The van der Waals surface area contributed by atoms with Crippen molar-refractivity contribution in [2.45, 2.75) is 46.3 Å². The molecule has 0 bridgehead atoms. The highest BCUT2D eigenvalue weighted by atomic mass is 19.4. The van der Waals surface area contributed by atoms with Crippen molar-refractivity contribution in [3.05, 3.63) is 17.5 Å². The lowest BCUT2D eigenvalue weighted by Gasteiger charge is -2.15. The standard InChI is InChI=1S/C13H20F3N3O/c1-8(2)5-6-17-12(20)10-7-18-19(9(3)4)11(10)13(14,15)16/h7-9H,5-6H2,1-4H3,(H,17,20). The minimum Gasteiger partial charge on any atom is -0.352 e. The monoisotopic (exact) mass is 291 g/mol. The highest BCUT2D eigenvalue weighted by Gasteiger charge is 2.40. The Kier molecular flexibility index (Phi) is 5.19. The molecule has 20 heavy (non-hydrogen) atoms. The van der Waals surface area contributed by atoms with Crippen LogP contribution in [0.5, 0.6) is 0 Å². The third-order valence-electron chi connectivity index (χ3n) is 2.80. The van der Waals surface area contributed by atoms with Gasteiger partial charge in [-0.05, 0) is 26.2 Å². The molecule has 0 aromatic carbocycles. The fraction of sp³-hybridized carbons (Fsp3) is 0.692. The molecule has 1 rings (SSSR count). The zero-order valence-electron chi connectivity index (χ0n) is 12.1. The lowest BCUT2D eigenvalue weighted by Crippen LogP contribution is -2.28. The van der Waals surface area contributed by atoms with E-state index in [4.69, 9.17) is 0 Å². The summed E-state index contributed by atoms with van der Waals surface area (Å²) in [5.41, 5.74) is -1.41. The molecule has 1 aromatic rings. The molecule has 0 spiro atoms. The van der Waals surface area contributed by atoms with Crippen LogP contribution >= 0.6 is 0 Å². The van der Waals surface area contributed by atoms with Crippen molar-refractivity contribution in [1.82, 2.24) is 15.1 Å². The van der Waals surface area contributed by atoms with Crippen LogP contribution in [0.15, 0.2) is 6.20 Å². The topological polar surface area (TPSA) is 46.9 Å². The van der Waals surface area contributed by atoms with E-state index >= 15 is 0 Å². The summed E-state index contributed by atoms with van der Waals surface area (Å²) in [5, 5.41) is 6.18. The number of nitrogens with zero attached hydrogens (tertiary/aromatic N) is 2. The van der Waals surface area contributed by atoms with Gasteiger partial charge in [0.1, 0.15) is 0 Å². The van der Waals surface area contributed by atoms with E-state index in [9.17, 15) is 18.0 Å². The van der Waals surface area contributed by atoms with Gasteiger partial charge in [-0.2, -0.15) is 18.3 Å². The van der Waals surface area contributed by atoms with Gasteiger partial charge in [-0.25, -0.2) is 0 Å². The van der Waals surface area contributed by atoms with Crippen molar-refractivity contribution in [2.24, 2.45) is 5.92 Å². The van der Waals surface area contributed by atoms with Crippen LogP contribution in [0.3, 0.4) is 0 Å². The Morgan fingerprint density at radius 1 is 1.35 bits per heavy atom. The summed E-state index contributed by atoms with van der Waals surface area (Å²) in [5.74, 6) is -0.361. The van der Waals surface area contributed by atoms with Crippen molar-refractivity contribution in [1.29, 1.82) is 0 Å². The van der Waals surface area contributed by atoms with Gasteiger partial charge in [-0.1, -0.05) is 13.8 Å². The van der Waals surface area contributed by atoms with Gasteiger partial charge in [-0.15, -0.1) is 0 Å². The van der Waals surface area contributed by atoms with Crippen LogP contribution in [0.2, 0.25) is 0 Å². The second kappa shape index (κ2) is 6.28. The highest BCUT2D eigenvalue weighted by Crippen LogP contribution is 2.33. The molecule has 0 atom stereocenters. The second-order valence-corrected chi connectivity index (χ2v) is 5.38. The number of nitrogens with one attached hydrogen (secondary N) is 1. The number of carbonyl (C=O) groups excluding carboxylic acids is 1. The van der Waals surface area contributed by atoms with Gasteiger partial charge in [-0.3, -0.25) is 9.48 Å². The molecule has 0 aliphatic heterocycles. The summed E-state index contributed by atoms with van der Waals surface area (Å²) in [6.07, 6.45) is -2.91. The summed E-state index contributed by atoms with van der Waals surface area (Å²) < 4.78 is 40.0. The number of hydrogen-bond acceptors (Lipinski definition) is 2. The SMILES string of the molecule is CC(C)CCNC(=O)c1cnn(C(C)C)c1C(F)(F)F. The number of aromatic nitrogens is 2. The van der Waals surface area contributed by atoms with E-state index in [-0.39, 0.29) is 0 Å². The lowest BCUT2D eigenvalue weighted by atomic mass is 10.1. The molecule has 1 amide bonds. The molecule has 1 heterocycles. The number of rotatable bonds is 5. The molecule has 0 radical (unpaired) electrons. The Labute approximate surface area is 116 Å². The molecule has 0 aliphatic carbocycles. The van der Waals surface area contributed by atoms with Crippen LogP contribution in [0.25, 0.3) is 0 Å². The van der Waals surface area contributed by atoms with Crippen LogP contribution in [0.4, 0.5) is 13.2 Å². The van der Waals surface area contributed by atoms with Crippen LogP contribution < -0.4 is 5.32 Å². The van der Waals surface area contributed by atoms with Crippen LogP contribution in [-0.2, 0) is 6.18 Å². The van der Waals surface area contributed by atoms with E-state index in [2.05, 4.69) is 10.4 Å². The van der Waals surface area contributed by atoms with E-state index in [0.717, 1.165) is 10.9 Å². The van der Waals surface area contributed by atoms with Gasteiger partial charge in [0.15, 0.2) is 5.69 Å². The normalized spacial score (nSPS) is 12.2. The van der Waals surface area contributed by atoms with Crippen molar-refractivity contribution >= 4 is 5.91 Å². The molecule has 0 aliphatic rings. The zero-order valence-corrected chi connectivity index (χ0v) is 12.1. The maximum absolute atomic E-state index is 13.1. The second-order valence-electron chi connectivity index (χ2n) is 5.38. The maximum Gasteiger partial charge on any atom is 0.433 e. The Morgan fingerprint density at radius 3 is 2.40 bits per heavy atom. The number of alkyl halides is 3. The quantitative estimate of drug-likeness (QED) is 0.905. The molecule has 0 unspecified atom stereocenters. The largest absolute Gasteiger partial charge is 0.433 e. The van der Waals surface area contributed by atoms with Crippen molar-refractivity contribution < 1.29 is 18.0 Å². The van der Waals surface area contributed by atoms with Gasteiger partial charge in [0.05, 0.1) is 11.8 Å². The van der Waals surface area contributed by atoms with Crippen LogP contribution in [-0.4, -0.2) is 22.2 Å². The van der Waals surface area contributed by atoms with Crippen molar-refractivity contribution in [3.63, 3.8) is 0 Å². The molecular weight excluding hydrogens is 271 g/mol. The molecule has 4 nitrogen and oxygen atoms in total. The number of hydrogen-bond donors (Lipinski definition) is 1. The predicted molar refractivity (Wildman–Crippen MR) is 69.4 cm³/mol. The summed E-state index contributed by atoms with van der Waals surface area (Å²) in [7, 11) is 0. The van der Waals surface area contributed by atoms with Crippen LogP contribution in [0, 0.1) is 5.92 Å². The molecule has 0 saturated heterocycles. The minimum atomic E-state index is -4.61. The third kappa shape index (κ3) is 3.98. The Bertz CT molecular complexity index is 464. The van der Waals surface area contributed by atoms with Gasteiger partial charge in [0, 0.05) is 12.6 Å².